The molecule has 1 aromatic rings. The summed E-state index contributed by atoms with van der Waals surface area (Å²) in [6.07, 6.45) is 2.45. The standard InChI is InChI=1S/C12H16FN/c1-9(12-6-3-7-14-12)10-4-2-5-11(13)8-10/h2,4-5,8-9,12,14H,3,6-7H2,1H3/t9-,12-/m0/s1. The molecule has 1 nitrogen and oxygen atoms in total. The fraction of sp³-hybridized carbons (Fsp3) is 0.500. The molecule has 0 unspecified atom stereocenters. The van der Waals surface area contributed by atoms with Crippen LogP contribution in [0.2, 0.25) is 0 Å². The highest BCUT2D eigenvalue weighted by Crippen LogP contribution is 2.24. The van der Waals surface area contributed by atoms with E-state index in [1.165, 1.54) is 18.9 Å². The summed E-state index contributed by atoms with van der Waals surface area (Å²) in [5.74, 6) is 0.278. The first-order valence-corrected chi connectivity index (χ1v) is 5.26. The fourth-order valence-corrected chi connectivity index (χ4v) is 2.16. The molecule has 0 spiro atoms. The van der Waals surface area contributed by atoms with Gasteiger partial charge in [0.1, 0.15) is 5.82 Å². The molecule has 1 aliphatic rings. The monoisotopic (exact) mass is 193 g/mol. The van der Waals surface area contributed by atoms with Crippen LogP contribution in [0, 0.1) is 5.82 Å². The van der Waals surface area contributed by atoms with Crippen molar-refractivity contribution in [2.24, 2.45) is 0 Å². The molecule has 1 saturated heterocycles. The lowest BCUT2D eigenvalue weighted by atomic mass is 9.92. The number of hydrogen-bond acceptors (Lipinski definition) is 1. The molecule has 0 aromatic heterocycles. The second-order valence-electron chi connectivity index (χ2n) is 4.05. The lowest BCUT2D eigenvalue weighted by Crippen LogP contribution is -2.27. The quantitative estimate of drug-likeness (QED) is 0.761. The molecule has 2 heteroatoms. The first kappa shape index (κ1) is 9.66. The summed E-state index contributed by atoms with van der Waals surface area (Å²) in [4.78, 5) is 0. The first-order valence-electron chi connectivity index (χ1n) is 5.26. The summed E-state index contributed by atoms with van der Waals surface area (Å²) in [6, 6.07) is 7.46. The van der Waals surface area contributed by atoms with Crippen LogP contribution < -0.4 is 5.32 Å². The van der Waals surface area contributed by atoms with Crippen LogP contribution in [0.5, 0.6) is 0 Å². The highest BCUT2D eigenvalue weighted by atomic mass is 19.1. The minimum atomic E-state index is -0.132. The highest BCUT2D eigenvalue weighted by molar-refractivity contribution is 5.22. The molecule has 0 radical (unpaired) electrons. The summed E-state index contributed by atoms with van der Waals surface area (Å²) in [5, 5.41) is 3.45. The van der Waals surface area contributed by atoms with Crippen LogP contribution in [-0.4, -0.2) is 12.6 Å². The van der Waals surface area contributed by atoms with Gasteiger partial charge in [0.05, 0.1) is 0 Å². The number of rotatable bonds is 2. The van der Waals surface area contributed by atoms with E-state index in [0.29, 0.717) is 12.0 Å². The third-order valence-electron chi connectivity index (χ3n) is 3.08. The number of nitrogens with one attached hydrogen (secondary N) is 1. The van der Waals surface area contributed by atoms with Crippen molar-refractivity contribution in [1.29, 1.82) is 0 Å². The van der Waals surface area contributed by atoms with Gasteiger partial charge in [-0.05, 0) is 43.0 Å². The smallest absolute Gasteiger partial charge is 0.123 e. The lowest BCUT2D eigenvalue weighted by molar-refractivity contribution is 0.514. The van der Waals surface area contributed by atoms with E-state index >= 15 is 0 Å². The Morgan fingerprint density at radius 2 is 2.36 bits per heavy atom. The van der Waals surface area contributed by atoms with Crippen LogP contribution in [0.1, 0.15) is 31.2 Å². The van der Waals surface area contributed by atoms with Crippen LogP contribution in [0.25, 0.3) is 0 Å². The zero-order valence-electron chi connectivity index (χ0n) is 8.46. The Bertz CT molecular complexity index is 305. The van der Waals surface area contributed by atoms with Crippen LogP contribution in [0.4, 0.5) is 4.39 Å². The number of halogens is 1. The molecular formula is C12H16FN. The minimum absolute atomic E-state index is 0.132. The average Bonchev–Trinajstić information content (AvgIpc) is 2.69. The van der Waals surface area contributed by atoms with Gasteiger partial charge >= 0.3 is 0 Å². The highest BCUT2D eigenvalue weighted by Gasteiger charge is 2.21. The molecule has 1 aromatic carbocycles. The third kappa shape index (κ3) is 1.95. The topological polar surface area (TPSA) is 12.0 Å². The molecule has 0 aliphatic carbocycles. The molecular weight excluding hydrogens is 177 g/mol. The van der Waals surface area contributed by atoms with E-state index < -0.39 is 0 Å². The second kappa shape index (κ2) is 4.09. The molecule has 1 fully saturated rings. The van der Waals surface area contributed by atoms with Crippen molar-refractivity contribution in [2.75, 3.05) is 6.54 Å². The van der Waals surface area contributed by atoms with Gasteiger partial charge in [-0.25, -0.2) is 4.39 Å². The largest absolute Gasteiger partial charge is 0.313 e. The van der Waals surface area contributed by atoms with Crippen LogP contribution in [0.15, 0.2) is 24.3 Å². The fourth-order valence-electron chi connectivity index (χ4n) is 2.16. The van der Waals surface area contributed by atoms with Gasteiger partial charge in [-0.3, -0.25) is 0 Å². The van der Waals surface area contributed by atoms with E-state index in [4.69, 9.17) is 0 Å². The van der Waals surface area contributed by atoms with Crippen molar-refractivity contribution in [1.82, 2.24) is 5.32 Å². The summed E-state index contributed by atoms with van der Waals surface area (Å²) in [6.45, 7) is 3.27. The average molecular weight is 193 g/mol. The van der Waals surface area contributed by atoms with Gasteiger partial charge in [0.25, 0.3) is 0 Å². The van der Waals surface area contributed by atoms with Gasteiger partial charge in [0.2, 0.25) is 0 Å². The van der Waals surface area contributed by atoms with Crippen LogP contribution >= 0.6 is 0 Å². The van der Waals surface area contributed by atoms with Crippen molar-refractivity contribution >= 4 is 0 Å². The van der Waals surface area contributed by atoms with E-state index in [0.717, 1.165) is 12.1 Å². The van der Waals surface area contributed by atoms with Gasteiger partial charge in [-0.1, -0.05) is 19.1 Å². The zero-order chi connectivity index (χ0) is 9.97. The molecule has 2 atom stereocenters. The molecule has 0 bridgehead atoms. The molecule has 2 rings (SSSR count). The normalized spacial score (nSPS) is 23.7. The Morgan fingerprint density at radius 3 is 3.00 bits per heavy atom. The molecule has 1 heterocycles. The van der Waals surface area contributed by atoms with Crippen molar-refractivity contribution in [3.8, 4) is 0 Å². The predicted octanol–water partition coefficient (Wildman–Crippen LogP) is 2.68. The Hall–Kier alpha value is -0.890. The minimum Gasteiger partial charge on any atom is -0.313 e. The third-order valence-corrected chi connectivity index (χ3v) is 3.08. The molecule has 76 valence electrons. The van der Waals surface area contributed by atoms with E-state index in [9.17, 15) is 4.39 Å². The summed E-state index contributed by atoms with van der Waals surface area (Å²) >= 11 is 0. The number of hydrogen-bond donors (Lipinski definition) is 1. The number of benzene rings is 1. The second-order valence-corrected chi connectivity index (χ2v) is 4.05. The maximum atomic E-state index is 13.0. The maximum absolute atomic E-state index is 13.0. The van der Waals surface area contributed by atoms with Gasteiger partial charge in [0.15, 0.2) is 0 Å². The van der Waals surface area contributed by atoms with Crippen molar-refractivity contribution in [3.63, 3.8) is 0 Å². The Balaban J connectivity index is 2.13. The molecule has 0 saturated carbocycles. The molecule has 0 amide bonds. The maximum Gasteiger partial charge on any atom is 0.123 e. The van der Waals surface area contributed by atoms with Gasteiger partial charge in [-0.15, -0.1) is 0 Å². The van der Waals surface area contributed by atoms with Gasteiger partial charge < -0.3 is 5.32 Å². The van der Waals surface area contributed by atoms with E-state index in [-0.39, 0.29) is 5.82 Å². The molecule has 1 N–H and O–H groups in total. The van der Waals surface area contributed by atoms with Gasteiger partial charge in [0, 0.05) is 6.04 Å². The summed E-state index contributed by atoms with van der Waals surface area (Å²) < 4.78 is 13.0. The van der Waals surface area contributed by atoms with Crippen LogP contribution in [-0.2, 0) is 0 Å². The Kier molecular flexibility index (Phi) is 2.82. The summed E-state index contributed by atoms with van der Waals surface area (Å²) in [7, 11) is 0. The van der Waals surface area contributed by atoms with Gasteiger partial charge in [-0.2, -0.15) is 0 Å². The van der Waals surface area contributed by atoms with Crippen molar-refractivity contribution in [3.05, 3.63) is 35.6 Å². The van der Waals surface area contributed by atoms with Crippen molar-refractivity contribution < 1.29 is 4.39 Å². The van der Waals surface area contributed by atoms with Crippen LogP contribution in [0.3, 0.4) is 0 Å². The molecule has 14 heavy (non-hydrogen) atoms. The summed E-state index contributed by atoms with van der Waals surface area (Å²) in [5.41, 5.74) is 1.10. The SMILES string of the molecule is C[C@@H](c1cccc(F)c1)[C@@H]1CCCN1. The lowest BCUT2D eigenvalue weighted by Gasteiger charge is -2.19. The first-order chi connectivity index (χ1) is 6.77. The van der Waals surface area contributed by atoms with E-state index in [1.807, 2.05) is 6.07 Å². The zero-order valence-corrected chi connectivity index (χ0v) is 8.46. The molecule has 1 aliphatic heterocycles. The Morgan fingerprint density at radius 1 is 1.50 bits per heavy atom. The van der Waals surface area contributed by atoms with E-state index in [2.05, 4.69) is 12.2 Å². The van der Waals surface area contributed by atoms with E-state index in [1.54, 1.807) is 12.1 Å². The Labute approximate surface area is 84.3 Å². The van der Waals surface area contributed by atoms with Crippen molar-refractivity contribution in [2.45, 2.75) is 31.7 Å². The predicted molar refractivity (Wildman–Crippen MR) is 55.8 cm³/mol.